The first-order valence-electron chi connectivity index (χ1n) is 5.11. The number of ether oxygens (including phenoxy) is 1. The zero-order valence-corrected chi connectivity index (χ0v) is 9.35. The molecule has 0 aliphatic heterocycles. The lowest BCUT2D eigenvalue weighted by atomic mass is 10.1. The molecule has 0 amide bonds. The van der Waals surface area contributed by atoms with Crippen LogP contribution in [-0.2, 0) is 9.53 Å². The number of ketones is 1. The lowest BCUT2D eigenvalue weighted by Gasteiger charge is -2.19. The molecule has 0 rings (SSSR count). The second-order valence-corrected chi connectivity index (χ2v) is 4.35. The van der Waals surface area contributed by atoms with E-state index in [1.54, 1.807) is 0 Å². The van der Waals surface area contributed by atoms with Gasteiger partial charge in [0, 0.05) is 19.4 Å². The van der Waals surface area contributed by atoms with Gasteiger partial charge in [-0.3, -0.25) is 4.79 Å². The van der Waals surface area contributed by atoms with Crippen LogP contribution in [0.2, 0.25) is 0 Å². The maximum absolute atomic E-state index is 11.1. The molecule has 0 spiro atoms. The molecule has 0 radical (unpaired) electrons. The Labute approximate surface area is 81.7 Å². The van der Waals surface area contributed by atoms with Crippen LogP contribution in [-0.4, -0.2) is 18.0 Å². The van der Waals surface area contributed by atoms with Gasteiger partial charge in [0.15, 0.2) is 0 Å². The Kier molecular flexibility index (Phi) is 5.97. The minimum atomic E-state index is -0.0756. The molecule has 0 fully saturated rings. The molecule has 78 valence electrons. The van der Waals surface area contributed by atoms with E-state index in [9.17, 15) is 4.79 Å². The third-order valence-electron chi connectivity index (χ3n) is 1.66. The molecule has 0 aromatic heterocycles. The molecule has 0 atom stereocenters. The van der Waals surface area contributed by atoms with Crippen molar-refractivity contribution in [2.24, 2.45) is 0 Å². The highest BCUT2D eigenvalue weighted by molar-refractivity contribution is 5.78. The maximum atomic E-state index is 11.1. The van der Waals surface area contributed by atoms with Crippen molar-refractivity contribution in [2.75, 3.05) is 6.61 Å². The standard InChI is InChI=1S/C11H22O2/c1-5-7-10(12)8-6-9-13-11(2,3)4/h5-9H2,1-4H3. The summed E-state index contributed by atoms with van der Waals surface area (Å²) < 4.78 is 5.51. The first-order valence-corrected chi connectivity index (χ1v) is 5.11. The van der Waals surface area contributed by atoms with Crippen LogP contribution in [0.3, 0.4) is 0 Å². The Morgan fingerprint density at radius 3 is 2.31 bits per heavy atom. The van der Waals surface area contributed by atoms with Gasteiger partial charge in [-0.2, -0.15) is 0 Å². The van der Waals surface area contributed by atoms with Gasteiger partial charge in [-0.25, -0.2) is 0 Å². The molecule has 2 heteroatoms. The lowest BCUT2D eigenvalue weighted by Crippen LogP contribution is -2.20. The van der Waals surface area contributed by atoms with E-state index in [2.05, 4.69) is 0 Å². The fraction of sp³-hybridized carbons (Fsp3) is 0.909. The van der Waals surface area contributed by atoms with Crippen LogP contribution in [0.25, 0.3) is 0 Å². The highest BCUT2D eigenvalue weighted by Gasteiger charge is 2.09. The van der Waals surface area contributed by atoms with Crippen LogP contribution in [0, 0.1) is 0 Å². The fourth-order valence-electron chi connectivity index (χ4n) is 1.05. The van der Waals surface area contributed by atoms with Crippen LogP contribution < -0.4 is 0 Å². The molecule has 0 aromatic rings. The summed E-state index contributed by atoms with van der Waals surface area (Å²) in [4.78, 5) is 11.1. The molecular weight excluding hydrogens is 164 g/mol. The average molecular weight is 186 g/mol. The van der Waals surface area contributed by atoms with Crippen LogP contribution in [0.15, 0.2) is 0 Å². The summed E-state index contributed by atoms with van der Waals surface area (Å²) in [5.74, 6) is 0.361. The van der Waals surface area contributed by atoms with E-state index in [4.69, 9.17) is 4.74 Å². The Hall–Kier alpha value is -0.370. The zero-order chi connectivity index (χ0) is 10.3. The lowest BCUT2D eigenvalue weighted by molar-refractivity contribution is -0.119. The predicted octanol–water partition coefficient (Wildman–Crippen LogP) is 2.95. The van der Waals surface area contributed by atoms with Gasteiger partial charge in [0.1, 0.15) is 5.78 Å². The molecule has 13 heavy (non-hydrogen) atoms. The predicted molar refractivity (Wildman–Crippen MR) is 54.9 cm³/mol. The molecule has 0 aliphatic carbocycles. The molecule has 0 bridgehead atoms. The number of Topliss-reactive ketones (excluding diaryl/α,β-unsaturated/α-hetero) is 1. The van der Waals surface area contributed by atoms with Gasteiger partial charge in [0.2, 0.25) is 0 Å². The second-order valence-electron chi connectivity index (χ2n) is 4.35. The molecule has 0 aliphatic rings. The average Bonchev–Trinajstić information content (AvgIpc) is 1.97. The number of hydrogen-bond acceptors (Lipinski definition) is 2. The van der Waals surface area contributed by atoms with Crippen molar-refractivity contribution in [2.45, 2.75) is 59.0 Å². The van der Waals surface area contributed by atoms with Crippen molar-refractivity contribution in [1.82, 2.24) is 0 Å². The molecule has 0 heterocycles. The third-order valence-corrected chi connectivity index (χ3v) is 1.66. The molecule has 0 unspecified atom stereocenters. The topological polar surface area (TPSA) is 26.3 Å². The van der Waals surface area contributed by atoms with Crippen LogP contribution in [0.4, 0.5) is 0 Å². The highest BCUT2D eigenvalue weighted by Crippen LogP contribution is 2.08. The number of carbonyl (C=O) groups excluding carboxylic acids is 1. The van der Waals surface area contributed by atoms with Crippen molar-refractivity contribution in [3.8, 4) is 0 Å². The first kappa shape index (κ1) is 12.6. The summed E-state index contributed by atoms with van der Waals surface area (Å²) in [6, 6.07) is 0. The van der Waals surface area contributed by atoms with Gasteiger partial charge in [-0.05, 0) is 33.6 Å². The summed E-state index contributed by atoms with van der Waals surface area (Å²) >= 11 is 0. The molecular formula is C11H22O2. The highest BCUT2D eigenvalue weighted by atomic mass is 16.5. The summed E-state index contributed by atoms with van der Waals surface area (Å²) in [5, 5.41) is 0. The summed E-state index contributed by atoms with van der Waals surface area (Å²) in [5.41, 5.74) is -0.0756. The number of carbonyl (C=O) groups is 1. The summed E-state index contributed by atoms with van der Waals surface area (Å²) in [6.07, 6.45) is 3.20. The van der Waals surface area contributed by atoms with Crippen LogP contribution in [0.1, 0.15) is 53.4 Å². The summed E-state index contributed by atoms with van der Waals surface area (Å²) in [6.45, 7) is 8.81. The Morgan fingerprint density at radius 2 is 1.85 bits per heavy atom. The SMILES string of the molecule is CCCC(=O)CCCOC(C)(C)C. The second kappa shape index (κ2) is 6.14. The van der Waals surface area contributed by atoms with Crippen molar-refractivity contribution < 1.29 is 9.53 Å². The number of rotatable bonds is 6. The smallest absolute Gasteiger partial charge is 0.132 e. The van der Waals surface area contributed by atoms with E-state index < -0.39 is 0 Å². The molecule has 2 nitrogen and oxygen atoms in total. The van der Waals surface area contributed by atoms with Crippen molar-refractivity contribution >= 4 is 5.78 Å². The normalized spacial score (nSPS) is 11.7. The third kappa shape index (κ3) is 9.54. The van der Waals surface area contributed by atoms with Crippen LogP contribution >= 0.6 is 0 Å². The van der Waals surface area contributed by atoms with Crippen molar-refractivity contribution in [3.05, 3.63) is 0 Å². The Balaban J connectivity index is 3.31. The largest absolute Gasteiger partial charge is 0.376 e. The maximum Gasteiger partial charge on any atom is 0.132 e. The van der Waals surface area contributed by atoms with Gasteiger partial charge < -0.3 is 4.74 Å². The Morgan fingerprint density at radius 1 is 1.23 bits per heavy atom. The molecule has 0 N–H and O–H groups in total. The monoisotopic (exact) mass is 186 g/mol. The van der Waals surface area contributed by atoms with Crippen molar-refractivity contribution in [1.29, 1.82) is 0 Å². The van der Waals surface area contributed by atoms with Gasteiger partial charge in [0.05, 0.1) is 5.60 Å². The molecule has 0 saturated heterocycles. The van der Waals surface area contributed by atoms with E-state index in [-0.39, 0.29) is 5.60 Å². The Bertz CT molecular complexity index is 145. The van der Waals surface area contributed by atoms with E-state index in [0.717, 1.165) is 19.3 Å². The van der Waals surface area contributed by atoms with Gasteiger partial charge >= 0.3 is 0 Å². The van der Waals surface area contributed by atoms with Gasteiger partial charge in [-0.1, -0.05) is 6.92 Å². The fourth-order valence-corrected chi connectivity index (χ4v) is 1.05. The van der Waals surface area contributed by atoms with E-state index >= 15 is 0 Å². The number of hydrogen-bond donors (Lipinski definition) is 0. The van der Waals surface area contributed by atoms with Gasteiger partial charge in [-0.15, -0.1) is 0 Å². The molecule has 0 saturated carbocycles. The summed E-state index contributed by atoms with van der Waals surface area (Å²) in [7, 11) is 0. The van der Waals surface area contributed by atoms with Gasteiger partial charge in [0.25, 0.3) is 0 Å². The minimum Gasteiger partial charge on any atom is -0.376 e. The first-order chi connectivity index (χ1) is 5.95. The van der Waals surface area contributed by atoms with E-state index in [1.165, 1.54) is 0 Å². The van der Waals surface area contributed by atoms with Crippen molar-refractivity contribution in [3.63, 3.8) is 0 Å². The van der Waals surface area contributed by atoms with E-state index in [0.29, 0.717) is 18.8 Å². The zero-order valence-electron chi connectivity index (χ0n) is 9.35. The van der Waals surface area contributed by atoms with E-state index in [1.807, 2.05) is 27.7 Å². The minimum absolute atomic E-state index is 0.0756. The quantitative estimate of drug-likeness (QED) is 0.596. The molecule has 0 aromatic carbocycles. The van der Waals surface area contributed by atoms with Crippen LogP contribution in [0.5, 0.6) is 0 Å².